The highest BCUT2D eigenvalue weighted by Gasteiger charge is 2.33. The first kappa shape index (κ1) is 12.2. The summed E-state index contributed by atoms with van der Waals surface area (Å²) in [4.78, 5) is 14.4. The lowest BCUT2D eigenvalue weighted by atomic mass is 9.84. The van der Waals surface area contributed by atoms with Crippen molar-refractivity contribution in [2.24, 2.45) is 11.7 Å². The average Bonchev–Trinajstić information content (AvgIpc) is 2.29. The summed E-state index contributed by atoms with van der Waals surface area (Å²) in [6, 6.07) is 0.103. The first-order valence-electron chi connectivity index (χ1n) is 6.34. The topological polar surface area (TPSA) is 46.3 Å². The van der Waals surface area contributed by atoms with Crippen molar-refractivity contribution in [3.05, 3.63) is 0 Å². The predicted molar refractivity (Wildman–Crippen MR) is 68.4 cm³/mol. The molecule has 2 aliphatic rings. The number of nitrogens with zero attached hydrogens (tertiary/aromatic N) is 1. The summed E-state index contributed by atoms with van der Waals surface area (Å²) in [5, 5.41) is 0.581. The molecule has 92 valence electrons. The van der Waals surface area contributed by atoms with E-state index in [0.29, 0.717) is 11.2 Å². The number of hydrogen-bond acceptors (Lipinski definition) is 3. The van der Waals surface area contributed by atoms with Gasteiger partial charge in [-0.3, -0.25) is 4.79 Å². The molecule has 1 aliphatic heterocycles. The largest absolute Gasteiger partial charge is 0.340 e. The molecular weight excluding hydrogens is 220 g/mol. The van der Waals surface area contributed by atoms with Crippen LogP contribution in [0.3, 0.4) is 0 Å². The Hall–Kier alpha value is -0.220. The van der Waals surface area contributed by atoms with Crippen molar-refractivity contribution in [3.63, 3.8) is 0 Å². The van der Waals surface area contributed by atoms with E-state index in [0.717, 1.165) is 31.7 Å². The van der Waals surface area contributed by atoms with E-state index in [2.05, 4.69) is 6.92 Å². The SMILES string of the molecule is CC1CN(C(=O)C2CCCCC2N)CCS1. The molecule has 1 heterocycles. The molecular formula is C12H22N2OS. The van der Waals surface area contributed by atoms with E-state index in [4.69, 9.17) is 5.73 Å². The van der Waals surface area contributed by atoms with Crippen molar-refractivity contribution in [2.45, 2.75) is 43.9 Å². The number of carbonyl (C=O) groups excluding carboxylic acids is 1. The van der Waals surface area contributed by atoms with Crippen molar-refractivity contribution >= 4 is 17.7 Å². The Kier molecular flexibility index (Phi) is 4.14. The Morgan fingerprint density at radius 3 is 2.81 bits per heavy atom. The zero-order chi connectivity index (χ0) is 11.5. The predicted octanol–water partition coefficient (Wildman–Crippen LogP) is 1.47. The first-order chi connectivity index (χ1) is 7.68. The van der Waals surface area contributed by atoms with Gasteiger partial charge in [0.15, 0.2) is 0 Å². The van der Waals surface area contributed by atoms with E-state index >= 15 is 0 Å². The van der Waals surface area contributed by atoms with Gasteiger partial charge in [-0.2, -0.15) is 11.8 Å². The quantitative estimate of drug-likeness (QED) is 0.757. The Morgan fingerprint density at radius 1 is 1.38 bits per heavy atom. The second kappa shape index (κ2) is 5.41. The molecule has 2 rings (SSSR count). The molecule has 0 bridgehead atoms. The van der Waals surface area contributed by atoms with Crippen molar-refractivity contribution in [1.29, 1.82) is 0 Å². The van der Waals surface area contributed by atoms with Crippen LogP contribution in [0.5, 0.6) is 0 Å². The van der Waals surface area contributed by atoms with Gasteiger partial charge in [0, 0.05) is 30.1 Å². The lowest BCUT2D eigenvalue weighted by molar-refractivity contribution is -0.137. The molecule has 0 aromatic carbocycles. The fourth-order valence-electron chi connectivity index (χ4n) is 2.72. The third-order valence-corrected chi connectivity index (χ3v) is 4.83. The number of hydrogen-bond donors (Lipinski definition) is 1. The van der Waals surface area contributed by atoms with Crippen molar-refractivity contribution in [3.8, 4) is 0 Å². The van der Waals surface area contributed by atoms with Gasteiger partial charge in [0.25, 0.3) is 0 Å². The fraction of sp³-hybridized carbons (Fsp3) is 0.917. The minimum atomic E-state index is 0.101. The Morgan fingerprint density at radius 2 is 2.12 bits per heavy atom. The van der Waals surface area contributed by atoms with Crippen LogP contribution in [-0.4, -0.2) is 40.9 Å². The van der Waals surface area contributed by atoms with Gasteiger partial charge < -0.3 is 10.6 Å². The van der Waals surface area contributed by atoms with E-state index in [-0.39, 0.29) is 12.0 Å². The van der Waals surface area contributed by atoms with Crippen LogP contribution < -0.4 is 5.73 Å². The molecule has 0 spiro atoms. The van der Waals surface area contributed by atoms with Crippen LogP contribution in [0.4, 0.5) is 0 Å². The van der Waals surface area contributed by atoms with Crippen LogP contribution in [0.2, 0.25) is 0 Å². The van der Waals surface area contributed by atoms with Crippen LogP contribution in [0.15, 0.2) is 0 Å². The van der Waals surface area contributed by atoms with E-state index in [1.807, 2.05) is 16.7 Å². The van der Waals surface area contributed by atoms with Crippen LogP contribution >= 0.6 is 11.8 Å². The second-order valence-electron chi connectivity index (χ2n) is 5.02. The van der Waals surface area contributed by atoms with Crippen molar-refractivity contribution in [1.82, 2.24) is 4.90 Å². The fourth-order valence-corrected chi connectivity index (χ4v) is 3.73. The van der Waals surface area contributed by atoms with E-state index in [1.54, 1.807) is 0 Å². The molecule has 1 saturated carbocycles. The molecule has 0 aromatic heterocycles. The summed E-state index contributed by atoms with van der Waals surface area (Å²) in [5.74, 6) is 1.50. The van der Waals surface area contributed by atoms with Gasteiger partial charge in [0.1, 0.15) is 0 Å². The molecule has 3 unspecified atom stereocenters. The number of thioether (sulfide) groups is 1. The molecule has 1 saturated heterocycles. The molecule has 16 heavy (non-hydrogen) atoms. The van der Waals surface area contributed by atoms with Gasteiger partial charge in [-0.15, -0.1) is 0 Å². The Bertz CT molecular complexity index is 259. The molecule has 1 aliphatic carbocycles. The monoisotopic (exact) mass is 242 g/mol. The summed E-state index contributed by atoms with van der Waals surface area (Å²) in [6.07, 6.45) is 4.38. The third kappa shape index (κ3) is 2.72. The average molecular weight is 242 g/mol. The maximum atomic E-state index is 12.3. The Balaban J connectivity index is 1.94. The summed E-state index contributed by atoms with van der Waals surface area (Å²) in [6.45, 7) is 4.02. The number of carbonyl (C=O) groups is 1. The lowest BCUT2D eigenvalue weighted by Crippen LogP contribution is -2.49. The zero-order valence-electron chi connectivity index (χ0n) is 10.0. The lowest BCUT2D eigenvalue weighted by Gasteiger charge is -2.36. The maximum Gasteiger partial charge on any atom is 0.227 e. The molecule has 3 nitrogen and oxygen atoms in total. The zero-order valence-corrected chi connectivity index (χ0v) is 10.8. The molecule has 1 amide bonds. The van der Waals surface area contributed by atoms with Crippen LogP contribution in [0.1, 0.15) is 32.6 Å². The minimum Gasteiger partial charge on any atom is -0.340 e. The molecule has 0 aromatic rings. The van der Waals surface area contributed by atoms with Gasteiger partial charge in [-0.05, 0) is 12.8 Å². The summed E-state index contributed by atoms with van der Waals surface area (Å²) in [5.41, 5.74) is 6.07. The summed E-state index contributed by atoms with van der Waals surface area (Å²) >= 11 is 1.96. The summed E-state index contributed by atoms with van der Waals surface area (Å²) < 4.78 is 0. The van der Waals surface area contributed by atoms with Gasteiger partial charge in [-0.25, -0.2) is 0 Å². The van der Waals surface area contributed by atoms with Crippen LogP contribution in [-0.2, 0) is 4.79 Å². The van der Waals surface area contributed by atoms with Crippen LogP contribution in [0, 0.1) is 5.92 Å². The maximum absolute atomic E-state index is 12.3. The Labute approximate surface area is 102 Å². The van der Waals surface area contributed by atoms with Crippen molar-refractivity contribution < 1.29 is 4.79 Å². The van der Waals surface area contributed by atoms with Gasteiger partial charge in [0.05, 0.1) is 5.92 Å². The van der Waals surface area contributed by atoms with Gasteiger partial charge in [0.2, 0.25) is 5.91 Å². The third-order valence-electron chi connectivity index (χ3n) is 3.69. The number of nitrogens with two attached hydrogens (primary N) is 1. The highest BCUT2D eigenvalue weighted by atomic mass is 32.2. The highest BCUT2D eigenvalue weighted by Crippen LogP contribution is 2.27. The minimum absolute atomic E-state index is 0.101. The van der Waals surface area contributed by atoms with E-state index < -0.39 is 0 Å². The number of rotatable bonds is 1. The van der Waals surface area contributed by atoms with E-state index in [9.17, 15) is 4.79 Å². The molecule has 4 heteroatoms. The normalized spacial score (nSPS) is 36.1. The number of amides is 1. The van der Waals surface area contributed by atoms with Crippen molar-refractivity contribution in [2.75, 3.05) is 18.8 Å². The van der Waals surface area contributed by atoms with Crippen LogP contribution in [0.25, 0.3) is 0 Å². The van der Waals surface area contributed by atoms with Gasteiger partial charge >= 0.3 is 0 Å². The summed E-state index contributed by atoms with van der Waals surface area (Å²) in [7, 11) is 0. The van der Waals surface area contributed by atoms with E-state index in [1.165, 1.54) is 12.8 Å². The van der Waals surface area contributed by atoms with Gasteiger partial charge in [-0.1, -0.05) is 19.8 Å². The highest BCUT2D eigenvalue weighted by molar-refractivity contribution is 7.99. The molecule has 2 fully saturated rings. The molecule has 2 N–H and O–H groups in total. The second-order valence-corrected chi connectivity index (χ2v) is 6.57. The molecule has 3 atom stereocenters. The molecule has 0 radical (unpaired) electrons. The smallest absolute Gasteiger partial charge is 0.227 e. The standard InChI is InChI=1S/C12H22N2OS/c1-9-8-14(6-7-16-9)12(15)10-4-2-3-5-11(10)13/h9-11H,2-8,13H2,1H3. The first-order valence-corrected chi connectivity index (χ1v) is 7.39.